The van der Waals surface area contributed by atoms with Gasteiger partial charge in [0.1, 0.15) is 5.82 Å². The zero-order valence-corrected chi connectivity index (χ0v) is 9.00. The number of hydrogen-bond donors (Lipinski definition) is 0. The van der Waals surface area contributed by atoms with Gasteiger partial charge in [0.15, 0.2) is 0 Å². The molecule has 0 aliphatic rings. The van der Waals surface area contributed by atoms with Gasteiger partial charge in [-0.15, -0.1) is 0 Å². The third-order valence-corrected chi connectivity index (χ3v) is 2.07. The molecule has 1 heterocycles. The monoisotopic (exact) mass is 228 g/mol. The maximum Gasteiger partial charge on any atom is 0.128 e. The van der Waals surface area contributed by atoms with Crippen molar-refractivity contribution >= 4 is 21.7 Å². The van der Waals surface area contributed by atoms with Crippen LogP contribution >= 0.6 is 15.9 Å². The highest BCUT2D eigenvalue weighted by Crippen LogP contribution is 2.09. The SMILES string of the molecule is Cc1ccnc(N(C)CCBr)c1. The lowest BCUT2D eigenvalue weighted by molar-refractivity contribution is 0.948. The first-order valence-corrected chi connectivity index (χ1v) is 5.06. The van der Waals surface area contributed by atoms with Gasteiger partial charge < -0.3 is 4.90 Å². The van der Waals surface area contributed by atoms with E-state index in [4.69, 9.17) is 0 Å². The minimum atomic E-state index is 0.971. The molecule has 0 bridgehead atoms. The van der Waals surface area contributed by atoms with E-state index in [-0.39, 0.29) is 0 Å². The Morgan fingerprint density at radius 3 is 2.92 bits per heavy atom. The van der Waals surface area contributed by atoms with Crippen LogP contribution in [0.25, 0.3) is 0 Å². The number of pyridine rings is 1. The molecule has 1 rings (SSSR count). The van der Waals surface area contributed by atoms with Crippen molar-refractivity contribution in [3.8, 4) is 0 Å². The van der Waals surface area contributed by atoms with Crippen LogP contribution in [0.3, 0.4) is 0 Å². The molecular formula is C9H13BrN2. The molecule has 0 aliphatic heterocycles. The van der Waals surface area contributed by atoms with Gasteiger partial charge in [-0.25, -0.2) is 4.98 Å². The van der Waals surface area contributed by atoms with E-state index in [1.54, 1.807) is 0 Å². The summed E-state index contributed by atoms with van der Waals surface area (Å²) in [5.41, 5.74) is 1.25. The van der Waals surface area contributed by atoms with Gasteiger partial charge in [0.05, 0.1) is 0 Å². The molecule has 0 unspecified atom stereocenters. The minimum Gasteiger partial charge on any atom is -0.359 e. The highest BCUT2D eigenvalue weighted by Gasteiger charge is 1.99. The van der Waals surface area contributed by atoms with Crippen molar-refractivity contribution in [2.75, 3.05) is 23.8 Å². The fourth-order valence-electron chi connectivity index (χ4n) is 0.970. The topological polar surface area (TPSA) is 16.1 Å². The van der Waals surface area contributed by atoms with Gasteiger partial charge in [-0.05, 0) is 24.6 Å². The molecule has 0 atom stereocenters. The van der Waals surface area contributed by atoms with Crippen molar-refractivity contribution < 1.29 is 0 Å². The van der Waals surface area contributed by atoms with E-state index >= 15 is 0 Å². The summed E-state index contributed by atoms with van der Waals surface area (Å²) >= 11 is 3.40. The Bertz CT molecular complexity index is 250. The molecule has 0 fully saturated rings. The molecule has 1 aromatic heterocycles. The van der Waals surface area contributed by atoms with E-state index in [9.17, 15) is 0 Å². The first-order chi connectivity index (χ1) is 5.74. The van der Waals surface area contributed by atoms with Crippen LogP contribution < -0.4 is 4.90 Å². The number of nitrogens with zero attached hydrogens (tertiary/aromatic N) is 2. The maximum absolute atomic E-state index is 4.26. The van der Waals surface area contributed by atoms with Gasteiger partial charge in [-0.3, -0.25) is 0 Å². The second-order valence-corrected chi connectivity index (χ2v) is 3.59. The van der Waals surface area contributed by atoms with Crippen LogP contribution in [0.5, 0.6) is 0 Å². The van der Waals surface area contributed by atoms with Crippen LogP contribution in [0.1, 0.15) is 5.56 Å². The summed E-state index contributed by atoms with van der Waals surface area (Å²) in [5, 5.41) is 0.971. The smallest absolute Gasteiger partial charge is 0.128 e. The van der Waals surface area contributed by atoms with E-state index < -0.39 is 0 Å². The van der Waals surface area contributed by atoms with Gasteiger partial charge in [0, 0.05) is 25.1 Å². The molecule has 0 N–H and O–H groups in total. The Morgan fingerprint density at radius 2 is 2.33 bits per heavy atom. The van der Waals surface area contributed by atoms with Crippen LogP contribution in [0.15, 0.2) is 18.3 Å². The Morgan fingerprint density at radius 1 is 1.58 bits per heavy atom. The number of halogens is 1. The van der Waals surface area contributed by atoms with Crippen LogP contribution in [0.2, 0.25) is 0 Å². The second kappa shape index (κ2) is 4.45. The van der Waals surface area contributed by atoms with Crippen molar-refractivity contribution in [1.29, 1.82) is 0 Å². The van der Waals surface area contributed by atoms with E-state index in [1.165, 1.54) is 5.56 Å². The van der Waals surface area contributed by atoms with Crippen LogP contribution in [0.4, 0.5) is 5.82 Å². The predicted molar refractivity (Wildman–Crippen MR) is 56.0 cm³/mol. The predicted octanol–water partition coefficient (Wildman–Crippen LogP) is 2.22. The molecule has 0 radical (unpaired) electrons. The highest BCUT2D eigenvalue weighted by molar-refractivity contribution is 9.09. The lowest BCUT2D eigenvalue weighted by Gasteiger charge is -2.16. The maximum atomic E-state index is 4.26. The third kappa shape index (κ3) is 2.48. The average molecular weight is 229 g/mol. The summed E-state index contributed by atoms with van der Waals surface area (Å²) in [7, 11) is 2.04. The summed E-state index contributed by atoms with van der Waals surface area (Å²) in [6, 6.07) is 4.09. The van der Waals surface area contributed by atoms with Crippen molar-refractivity contribution in [3.63, 3.8) is 0 Å². The van der Waals surface area contributed by atoms with E-state index in [2.05, 4.69) is 38.8 Å². The largest absolute Gasteiger partial charge is 0.359 e. The fourth-order valence-corrected chi connectivity index (χ4v) is 1.50. The molecule has 0 aromatic carbocycles. The molecule has 2 nitrogen and oxygen atoms in total. The summed E-state index contributed by atoms with van der Waals surface area (Å²) in [5.74, 6) is 1.04. The van der Waals surface area contributed by atoms with Crippen molar-refractivity contribution in [2.24, 2.45) is 0 Å². The molecule has 0 amide bonds. The standard InChI is InChI=1S/C9H13BrN2/c1-8-3-5-11-9(7-8)12(2)6-4-10/h3,5,7H,4,6H2,1-2H3. The summed E-state index contributed by atoms with van der Waals surface area (Å²) < 4.78 is 0. The zero-order chi connectivity index (χ0) is 8.97. The Hall–Kier alpha value is -0.570. The Labute approximate surface area is 81.7 Å². The van der Waals surface area contributed by atoms with Crippen LogP contribution in [-0.4, -0.2) is 23.9 Å². The fraction of sp³-hybridized carbons (Fsp3) is 0.444. The molecule has 0 aliphatic carbocycles. The number of aryl methyl sites for hydroxylation is 1. The molecule has 0 spiro atoms. The number of hydrogen-bond acceptors (Lipinski definition) is 2. The molecule has 1 aromatic rings. The van der Waals surface area contributed by atoms with Crippen molar-refractivity contribution in [3.05, 3.63) is 23.9 Å². The van der Waals surface area contributed by atoms with E-state index in [1.807, 2.05) is 19.3 Å². The van der Waals surface area contributed by atoms with Crippen LogP contribution in [-0.2, 0) is 0 Å². The zero-order valence-electron chi connectivity index (χ0n) is 7.42. The van der Waals surface area contributed by atoms with Gasteiger partial charge >= 0.3 is 0 Å². The highest BCUT2D eigenvalue weighted by atomic mass is 79.9. The first kappa shape index (κ1) is 9.52. The van der Waals surface area contributed by atoms with Gasteiger partial charge in [-0.1, -0.05) is 15.9 Å². The second-order valence-electron chi connectivity index (χ2n) is 2.80. The normalized spacial score (nSPS) is 9.92. The molecule has 0 saturated heterocycles. The minimum absolute atomic E-state index is 0.971. The first-order valence-electron chi connectivity index (χ1n) is 3.94. The third-order valence-electron chi connectivity index (χ3n) is 1.71. The summed E-state index contributed by atoms with van der Waals surface area (Å²) in [6.07, 6.45) is 1.84. The lowest BCUT2D eigenvalue weighted by Crippen LogP contribution is -2.20. The molecular weight excluding hydrogens is 216 g/mol. The molecule has 0 saturated carbocycles. The van der Waals surface area contributed by atoms with Gasteiger partial charge in [0.2, 0.25) is 0 Å². The number of rotatable bonds is 3. The Kier molecular flexibility index (Phi) is 3.53. The number of aromatic nitrogens is 1. The average Bonchev–Trinajstić information content (AvgIpc) is 2.05. The van der Waals surface area contributed by atoms with Gasteiger partial charge in [0.25, 0.3) is 0 Å². The molecule has 12 heavy (non-hydrogen) atoms. The number of anilines is 1. The molecule has 3 heteroatoms. The Balaban J connectivity index is 2.73. The van der Waals surface area contributed by atoms with Crippen molar-refractivity contribution in [1.82, 2.24) is 4.98 Å². The quantitative estimate of drug-likeness (QED) is 0.739. The van der Waals surface area contributed by atoms with E-state index in [0.717, 1.165) is 17.7 Å². The van der Waals surface area contributed by atoms with Gasteiger partial charge in [-0.2, -0.15) is 0 Å². The van der Waals surface area contributed by atoms with E-state index in [0.29, 0.717) is 0 Å². The summed E-state index contributed by atoms with van der Waals surface area (Å²) in [4.78, 5) is 6.39. The van der Waals surface area contributed by atoms with Crippen LogP contribution in [0, 0.1) is 6.92 Å². The summed E-state index contributed by atoms with van der Waals surface area (Å²) in [6.45, 7) is 3.06. The molecule has 66 valence electrons. The number of alkyl halides is 1. The lowest BCUT2D eigenvalue weighted by atomic mass is 10.3. The van der Waals surface area contributed by atoms with Crippen molar-refractivity contribution in [2.45, 2.75) is 6.92 Å².